The van der Waals surface area contributed by atoms with E-state index in [9.17, 15) is 0 Å². The lowest BCUT2D eigenvalue weighted by atomic mass is 9.99. The zero-order chi connectivity index (χ0) is 14.4. The maximum Gasteiger partial charge on any atom is 0.161 e. The lowest BCUT2D eigenvalue weighted by Crippen LogP contribution is -2.28. The van der Waals surface area contributed by atoms with Crippen LogP contribution in [0.3, 0.4) is 0 Å². The first-order valence-electron chi connectivity index (χ1n) is 6.94. The van der Waals surface area contributed by atoms with Gasteiger partial charge in [-0.1, -0.05) is 18.1 Å². The van der Waals surface area contributed by atoms with Crippen LogP contribution < -0.4 is 9.47 Å². The minimum Gasteiger partial charge on any atom is -0.493 e. The fourth-order valence-electron chi connectivity index (χ4n) is 2.39. The molecule has 0 bridgehead atoms. The molecule has 0 saturated carbocycles. The maximum absolute atomic E-state index is 5.63. The van der Waals surface area contributed by atoms with Crippen LogP contribution in [-0.4, -0.2) is 38.3 Å². The molecule has 0 aliphatic carbocycles. The van der Waals surface area contributed by atoms with E-state index in [1.54, 1.807) is 7.11 Å². The van der Waals surface area contributed by atoms with E-state index >= 15 is 0 Å². The van der Waals surface area contributed by atoms with Crippen LogP contribution in [0.2, 0.25) is 0 Å². The number of methoxy groups -OCH3 is 1. The molecule has 0 fully saturated rings. The Morgan fingerprint density at radius 2 is 2.20 bits per heavy atom. The van der Waals surface area contributed by atoms with Gasteiger partial charge < -0.3 is 9.47 Å². The second-order valence-corrected chi connectivity index (χ2v) is 4.72. The Morgan fingerprint density at radius 3 is 2.80 bits per heavy atom. The minimum absolute atomic E-state index is 0.634. The Morgan fingerprint density at radius 1 is 1.35 bits per heavy atom. The fourth-order valence-corrected chi connectivity index (χ4v) is 2.39. The lowest BCUT2D eigenvalue weighted by Gasteiger charge is -2.24. The summed E-state index contributed by atoms with van der Waals surface area (Å²) < 4.78 is 10.9. The first-order valence-corrected chi connectivity index (χ1v) is 6.94. The van der Waals surface area contributed by atoms with Gasteiger partial charge in [-0.3, -0.25) is 4.90 Å². The molecule has 3 nitrogen and oxygen atoms in total. The average Bonchev–Trinajstić information content (AvgIpc) is 2.49. The molecule has 2 rings (SSSR count). The Kier molecular flexibility index (Phi) is 5.09. The molecule has 1 heterocycles. The van der Waals surface area contributed by atoms with Crippen LogP contribution >= 0.6 is 0 Å². The molecular formula is C17H21NO2. The highest BCUT2D eigenvalue weighted by Crippen LogP contribution is 2.32. The van der Waals surface area contributed by atoms with Crippen molar-refractivity contribution in [3.63, 3.8) is 0 Å². The van der Waals surface area contributed by atoms with Crippen LogP contribution in [-0.2, 0) is 0 Å². The second kappa shape index (κ2) is 7.02. The van der Waals surface area contributed by atoms with E-state index in [2.05, 4.69) is 29.0 Å². The minimum atomic E-state index is 0.634. The van der Waals surface area contributed by atoms with E-state index in [1.165, 1.54) is 11.1 Å². The number of hydrogen-bond acceptors (Lipinski definition) is 3. The van der Waals surface area contributed by atoms with Gasteiger partial charge in [-0.05, 0) is 36.6 Å². The van der Waals surface area contributed by atoms with E-state index < -0.39 is 0 Å². The fraction of sp³-hybridized carbons (Fsp3) is 0.412. The highest BCUT2D eigenvalue weighted by atomic mass is 16.5. The van der Waals surface area contributed by atoms with Crippen molar-refractivity contribution in [2.75, 3.05) is 33.4 Å². The number of benzene rings is 1. The smallest absolute Gasteiger partial charge is 0.161 e. The van der Waals surface area contributed by atoms with Gasteiger partial charge in [0.25, 0.3) is 0 Å². The monoisotopic (exact) mass is 271 g/mol. The molecule has 0 spiro atoms. The summed E-state index contributed by atoms with van der Waals surface area (Å²) in [5.41, 5.74) is 2.55. The van der Waals surface area contributed by atoms with Crippen molar-refractivity contribution in [3.8, 4) is 23.8 Å². The number of nitrogens with zero attached hydrogens (tertiary/aromatic N) is 1. The predicted molar refractivity (Wildman–Crippen MR) is 82.0 cm³/mol. The molecule has 0 atom stereocenters. The molecule has 0 aromatic heterocycles. The van der Waals surface area contributed by atoms with E-state index in [0.29, 0.717) is 6.61 Å². The van der Waals surface area contributed by atoms with Gasteiger partial charge in [0.05, 0.1) is 20.3 Å². The molecule has 3 heteroatoms. The zero-order valence-electron chi connectivity index (χ0n) is 12.2. The Labute approximate surface area is 121 Å². The van der Waals surface area contributed by atoms with Gasteiger partial charge in [-0.25, -0.2) is 0 Å². The van der Waals surface area contributed by atoms with Crippen molar-refractivity contribution in [3.05, 3.63) is 29.8 Å². The van der Waals surface area contributed by atoms with Crippen molar-refractivity contribution >= 4 is 5.57 Å². The first kappa shape index (κ1) is 14.5. The molecule has 0 radical (unpaired) electrons. The van der Waals surface area contributed by atoms with Crippen molar-refractivity contribution in [2.24, 2.45) is 0 Å². The van der Waals surface area contributed by atoms with Crippen molar-refractivity contribution in [2.45, 2.75) is 13.3 Å². The molecule has 1 aromatic carbocycles. The van der Waals surface area contributed by atoms with Gasteiger partial charge in [0, 0.05) is 13.1 Å². The van der Waals surface area contributed by atoms with Crippen LogP contribution in [0, 0.1) is 12.3 Å². The SMILES string of the molecule is C#CCN1CC=C(c2ccc(OC)c(OCC)c2)CC1. The summed E-state index contributed by atoms with van der Waals surface area (Å²) in [6, 6.07) is 6.12. The summed E-state index contributed by atoms with van der Waals surface area (Å²) in [5.74, 6) is 4.28. The van der Waals surface area contributed by atoms with Crippen molar-refractivity contribution in [1.82, 2.24) is 4.90 Å². The maximum atomic E-state index is 5.63. The average molecular weight is 271 g/mol. The largest absolute Gasteiger partial charge is 0.493 e. The molecule has 0 unspecified atom stereocenters. The Hall–Kier alpha value is -1.92. The highest BCUT2D eigenvalue weighted by molar-refractivity contribution is 5.69. The standard InChI is InChI=1S/C17H21NO2/c1-4-10-18-11-8-14(9-12-18)15-6-7-16(19-3)17(13-15)20-5-2/h1,6-8,13H,5,9-12H2,2-3H3. The summed E-state index contributed by atoms with van der Waals surface area (Å²) in [5, 5.41) is 0. The Bertz CT molecular complexity index is 528. The van der Waals surface area contributed by atoms with Crippen molar-refractivity contribution < 1.29 is 9.47 Å². The van der Waals surface area contributed by atoms with Gasteiger partial charge in [0.15, 0.2) is 11.5 Å². The van der Waals surface area contributed by atoms with Gasteiger partial charge >= 0.3 is 0 Å². The molecule has 0 amide bonds. The van der Waals surface area contributed by atoms with E-state index in [1.807, 2.05) is 13.0 Å². The molecular weight excluding hydrogens is 250 g/mol. The van der Waals surface area contributed by atoms with Crippen LogP contribution in [0.1, 0.15) is 18.9 Å². The van der Waals surface area contributed by atoms with Crippen LogP contribution in [0.15, 0.2) is 24.3 Å². The summed E-state index contributed by atoms with van der Waals surface area (Å²) in [6.07, 6.45) is 8.61. The number of rotatable bonds is 5. The molecule has 1 aromatic rings. The highest BCUT2D eigenvalue weighted by Gasteiger charge is 2.14. The number of terminal acetylenes is 1. The molecule has 20 heavy (non-hydrogen) atoms. The third-order valence-electron chi connectivity index (χ3n) is 3.44. The summed E-state index contributed by atoms with van der Waals surface area (Å²) in [4.78, 5) is 2.26. The van der Waals surface area contributed by atoms with E-state index in [-0.39, 0.29) is 0 Å². The first-order chi connectivity index (χ1) is 9.78. The lowest BCUT2D eigenvalue weighted by molar-refractivity contribution is 0.310. The Balaban J connectivity index is 2.17. The number of hydrogen-bond donors (Lipinski definition) is 0. The zero-order valence-corrected chi connectivity index (χ0v) is 12.2. The summed E-state index contributed by atoms with van der Waals surface area (Å²) in [7, 11) is 1.66. The van der Waals surface area contributed by atoms with Gasteiger partial charge in [0.1, 0.15) is 0 Å². The second-order valence-electron chi connectivity index (χ2n) is 4.72. The molecule has 106 valence electrons. The summed E-state index contributed by atoms with van der Waals surface area (Å²) in [6.45, 7) is 5.25. The topological polar surface area (TPSA) is 21.7 Å². The van der Waals surface area contributed by atoms with E-state index in [0.717, 1.165) is 37.6 Å². The normalized spacial score (nSPS) is 15.3. The molecule has 1 aliphatic rings. The van der Waals surface area contributed by atoms with Crippen molar-refractivity contribution in [1.29, 1.82) is 0 Å². The van der Waals surface area contributed by atoms with Crippen LogP contribution in [0.5, 0.6) is 11.5 Å². The quantitative estimate of drug-likeness (QED) is 0.769. The van der Waals surface area contributed by atoms with Gasteiger partial charge in [-0.2, -0.15) is 0 Å². The predicted octanol–water partition coefficient (Wildman–Crippen LogP) is 2.82. The van der Waals surface area contributed by atoms with E-state index in [4.69, 9.17) is 15.9 Å². The molecule has 0 N–H and O–H groups in total. The summed E-state index contributed by atoms with van der Waals surface area (Å²) >= 11 is 0. The third-order valence-corrected chi connectivity index (χ3v) is 3.44. The van der Waals surface area contributed by atoms with Gasteiger partial charge in [-0.15, -0.1) is 6.42 Å². The number of ether oxygens (including phenoxy) is 2. The van der Waals surface area contributed by atoms with Crippen LogP contribution in [0.25, 0.3) is 5.57 Å². The van der Waals surface area contributed by atoms with Gasteiger partial charge in [0.2, 0.25) is 0 Å². The molecule has 0 saturated heterocycles. The molecule has 1 aliphatic heterocycles. The third kappa shape index (κ3) is 3.34. The van der Waals surface area contributed by atoms with Crippen LogP contribution in [0.4, 0.5) is 0 Å².